The number of amides is 1. The van der Waals surface area contributed by atoms with Crippen LogP contribution < -0.4 is 5.32 Å². The van der Waals surface area contributed by atoms with E-state index in [9.17, 15) is 4.79 Å². The zero-order chi connectivity index (χ0) is 20.1. The molecule has 9 heteroatoms. The Balaban J connectivity index is 1.51. The molecule has 1 amide bonds. The molecule has 0 bridgehead atoms. The fourth-order valence-corrected chi connectivity index (χ4v) is 4.26. The van der Waals surface area contributed by atoms with Gasteiger partial charge in [-0.05, 0) is 35.7 Å². The number of carbonyl (C=O) groups excluding carboxylic acids is 1. The lowest BCUT2D eigenvalue weighted by atomic mass is 10.3. The smallest absolute Gasteiger partial charge is 0.236 e. The standard InChI is InChI=1S/C20H16ClN5OS2/c21-14-8-9-17(22-12-14)23-19(27)13-29-20-25-24-18(11-16-7-4-10-28-16)26(20)15-5-2-1-3-6-15/h1-10,12H,11,13H2,(H,22,23,27). The molecule has 0 unspecified atom stereocenters. The van der Waals surface area contributed by atoms with Gasteiger partial charge in [0.15, 0.2) is 5.16 Å². The Kier molecular flexibility index (Phi) is 6.24. The van der Waals surface area contributed by atoms with Gasteiger partial charge in [-0.3, -0.25) is 9.36 Å². The maximum atomic E-state index is 12.3. The first-order chi connectivity index (χ1) is 14.2. The number of thioether (sulfide) groups is 1. The minimum absolute atomic E-state index is 0.174. The van der Waals surface area contributed by atoms with Crippen LogP contribution in [0.3, 0.4) is 0 Å². The van der Waals surface area contributed by atoms with Crippen molar-refractivity contribution in [1.82, 2.24) is 19.7 Å². The van der Waals surface area contributed by atoms with Crippen LogP contribution in [0.25, 0.3) is 5.69 Å². The van der Waals surface area contributed by atoms with Crippen LogP contribution in [0, 0.1) is 0 Å². The van der Waals surface area contributed by atoms with E-state index in [4.69, 9.17) is 11.6 Å². The molecule has 3 heterocycles. The number of carbonyl (C=O) groups is 1. The monoisotopic (exact) mass is 441 g/mol. The van der Waals surface area contributed by atoms with Crippen LogP contribution >= 0.6 is 34.7 Å². The molecule has 0 aliphatic carbocycles. The minimum atomic E-state index is -0.174. The third kappa shape index (κ3) is 5.03. The molecule has 0 atom stereocenters. The Morgan fingerprint density at radius 2 is 1.97 bits per heavy atom. The number of hydrogen-bond acceptors (Lipinski definition) is 6. The van der Waals surface area contributed by atoms with E-state index in [0.717, 1.165) is 11.5 Å². The summed E-state index contributed by atoms with van der Waals surface area (Å²) in [5.41, 5.74) is 0.964. The number of rotatable bonds is 7. The second-order valence-corrected chi connectivity index (χ2v) is 8.44. The van der Waals surface area contributed by atoms with Crippen molar-refractivity contribution in [3.63, 3.8) is 0 Å². The quantitative estimate of drug-likeness (QED) is 0.421. The van der Waals surface area contributed by atoms with Gasteiger partial charge in [0.25, 0.3) is 0 Å². The molecule has 146 valence electrons. The molecule has 29 heavy (non-hydrogen) atoms. The maximum Gasteiger partial charge on any atom is 0.236 e. The molecule has 3 aromatic heterocycles. The highest BCUT2D eigenvalue weighted by Crippen LogP contribution is 2.24. The number of anilines is 1. The van der Waals surface area contributed by atoms with Crippen molar-refractivity contribution >= 4 is 46.4 Å². The Labute approximate surface area is 181 Å². The zero-order valence-electron chi connectivity index (χ0n) is 15.2. The Morgan fingerprint density at radius 3 is 2.69 bits per heavy atom. The molecule has 0 aliphatic heterocycles. The summed E-state index contributed by atoms with van der Waals surface area (Å²) >= 11 is 8.84. The second kappa shape index (κ2) is 9.21. The average Bonchev–Trinajstić information content (AvgIpc) is 3.39. The van der Waals surface area contributed by atoms with Crippen LogP contribution in [0.2, 0.25) is 5.02 Å². The summed E-state index contributed by atoms with van der Waals surface area (Å²) in [6, 6.07) is 17.4. The van der Waals surface area contributed by atoms with E-state index in [1.54, 1.807) is 23.5 Å². The second-order valence-electron chi connectivity index (χ2n) is 6.02. The Bertz CT molecular complexity index is 1080. The molecule has 0 aliphatic rings. The van der Waals surface area contributed by atoms with E-state index in [2.05, 4.69) is 26.6 Å². The molecular weight excluding hydrogens is 426 g/mol. The highest BCUT2D eigenvalue weighted by Gasteiger charge is 2.16. The summed E-state index contributed by atoms with van der Waals surface area (Å²) in [5, 5.41) is 14.7. The fourth-order valence-electron chi connectivity index (χ4n) is 2.67. The van der Waals surface area contributed by atoms with Crippen LogP contribution in [0.5, 0.6) is 0 Å². The molecule has 0 saturated heterocycles. The minimum Gasteiger partial charge on any atom is -0.310 e. The first kappa shape index (κ1) is 19.6. The van der Waals surface area contributed by atoms with E-state index < -0.39 is 0 Å². The number of aromatic nitrogens is 4. The van der Waals surface area contributed by atoms with Gasteiger partial charge in [0.05, 0.1) is 10.8 Å². The molecule has 6 nitrogen and oxygen atoms in total. The number of pyridine rings is 1. The maximum absolute atomic E-state index is 12.3. The lowest BCUT2D eigenvalue weighted by Gasteiger charge is -2.10. The summed E-state index contributed by atoms with van der Waals surface area (Å²) in [5.74, 6) is 1.31. The molecule has 0 spiro atoms. The number of thiophene rings is 1. The average molecular weight is 442 g/mol. The van der Waals surface area contributed by atoms with Gasteiger partial charge in [-0.15, -0.1) is 21.5 Å². The summed E-state index contributed by atoms with van der Waals surface area (Å²) in [6.45, 7) is 0. The van der Waals surface area contributed by atoms with Crippen molar-refractivity contribution in [2.75, 3.05) is 11.1 Å². The Hall–Kier alpha value is -2.68. The topological polar surface area (TPSA) is 72.7 Å². The van der Waals surface area contributed by atoms with Gasteiger partial charge in [0.1, 0.15) is 11.6 Å². The molecule has 0 saturated carbocycles. The van der Waals surface area contributed by atoms with E-state index in [1.165, 1.54) is 22.8 Å². The third-order valence-electron chi connectivity index (χ3n) is 3.95. The highest BCUT2D eigenvalue weighted by atomic mass is 35.5. The van der Waals surface area contributed by atoms with E-state index in [1.807, 2.05) is 46.3 Å². The fraction of sp³-hybridized carbons (Fsp3) is 0.100. The van der Waals surface area contributed by atoms with E-state index >= 15 is 0 Å². The number of halogens is 1. The number of benzene rings is 1. The molecule has 0 fully saturated rings. The van der Waals surface area contributed by atoms with E-state index in [0.29, 0.717) is 22.4 Å². The normalized spacial score (nSPS) is 10.8. The van der Waals surface area contributed by atoms with E-state index in [-0.39, 0.29) is 11.7 Å². The lowest BCUT2D eigenvalue weighted by molar-refractivity contribution is -0.113. The largest absolute Gasteiger partial charge is 0.310 e. The molecule has 1 aromatic carbocycles. The number of nitrogens with zero attached hydrogens (tertiary/aromatic N) is 4. The number of nitrogens with one attached hydrogen (secondary N) is 1. The summed E-state index contributed by atoms with van der Waals surface area (Å²) in [7, 11) is 0. The zero-order valence-corrected chi connectivity index (χ0v) is 17.5. The molecule has 4 aromatic rings. The van der Waals surface area contributed by atoms with Crippen LogP contribution in [-0.2, 0) is 11.2 Å². The SMILES string of the molecule is O=C(CSc1nnc(Cc2cccs2)n1-c1ccccc1)Nc1ccc(Cl)cn1. The van der Waals surface area contributed by atoms with Crippen LogP contribution in [0.15, 0.2) is 71.3 Å². The molecule has 0 radical (unpaired) electrons. The predicted octanol–water partition coefficient (Wildman–Crippen LogP) is 4.70. The van der Waals surface area contributed by atoms with Crippen molar-refractivity contribution < 1.29 is 4.79 Å². The van der Waals surface area contributed by atoms with Gasteiger partial charge in [-0.25, -0.2) is 4.98 Å². The predicted molar refractivity (Wildman–Crippen MR) is 117 cm³/mol. The first-order valence-electron chi connectivity index (χ1n) is 8.75. The Morgan fingerprint density at radius 1 is 1.10 bits per heavy atom. The van der Waals surface area contributed by atoms with Crippen molar-refractivity contribution in [3.8, 4) is 5.69 Å². The third-order valence-corrected chi connectivity index (χ3v) is 5.98. The first-order valence-corrected chi connectivity index (χ1v) is 11.0. The molecular formula is C20H16ClN5OS2. The number of hydrogen-bond donors (Lipinski definition) is 1. The summed E-state index contributed by atoms with van der Waals surface area (Å²) < 4.78 is 2.00. The van der Waals surface area contributed by atoms with Crippen LogP contribution in [-0.4, -0.2) is 31.4 Å². The number of para-hydroxylation sites is 1. The van der Waals surface area contributed by atoms with Gasteiger partial charge in [0.2, 0.25) is 5.91 Å². The van der Waals surface area contributed by atoms with Gasteiger partial charge in [0, 0.05) is 23.2 Å². The van der Waals surface area contributed by atoms with Gasteiger partial charge >= 0.3 is 0 Å². The van der Waals surface area contributed by atoms with Crippen LogP contribution in [0.1, 0.15) is 10.7 Å². The lowest BCUT2D eigenvalue weighted by Crippen LogP contribution is -2.15. The summed E-state index contributed by atoms with van der Waals surface area (Å²) in [6.07, 6.45) is 2.17. The van der Waals surface area contributed by atoms with Crippen molar-refractivity contribution in [1.29, 1.82) is 0 Å². The van der Waals surface area contributed by atoms with Crippen molar-refractivity contribution in [2.24, 2.45) is 0 Å². The molecule has 4 rings (SSSR count). The summed E-state index contributed by atoms with van der Waals surface area (Å²) in [4.78, 5) is 17.6. The molecule has 1 N–H and O–H groups in total. The van der Waals surface area contributed by atoms with Gasteiger partial charge in [-0.1, -0.05) is 47.6 Å². The van der Waals surface area contributed by atoms with Gasteiger partial charge < -0.3 is 5.32 Å². The highest BCUT2D eigenvalue weighted by molar-refractivity contribution is 7.99. The van der Waals surface area contributed by atoms with Crippen molar-refractivity contribution in [2.45, 2.75) is 11.6 Å². The van der Waals surface area contributed by atoms with Crippen molar-refractivity contribution in [3.05, 3.63) is 81.9 Å². The van der Waals surface area contributed by atoms with Crippen LogP contribution in [0.4, 0.5) is 5.82 Å². The van der Waals surface area contributed by atoms with Gasteiger partial charge in [-0.2, -0.15) is 0 Å².